The van der Waals surface area contributed by atoms with E-state index in [9.17, 15) is 19.5 Å². The molecule has 0 radical (unpaired) electrons. The van der Waals surface area contributed by atoms with E-state index in [-0.39, 0.29) is 42.7 Å². The molecule has 288 valence electrons. The third-order valence-corrected chi connectivity index (χ3v) is 9.18. The van der Waals surface area contributed by atoms with Crippen molar-refractivity contribution in [2.45, 2.75) is 193 Å². The average Bonchev–Trinajstić information content (AvgIpc) is 3.05. The van der Waals surface area contributed by atoms with Crippen LogP contribution in [0.25, 0.3) is 0 Å². The minimum absolute atomic E-state index is 0.0548. The number of carbonyl (C=O) groups excluding carboxylic acids is 2. The van der Waals surface area contributed by atoms with Crippen molar-refractivity contribution in [3.8, 4) is 0 Å². The molecule has 0 bridgehead atoms. The van der Waals surface area contributed by atoms with Crippen molar-refractivity contribution in [3.05, 3.63) is 12.2 Å². The number of quaternary nitrogens is 1. The molecule has 0 spiro atoms. The highest BCUT2D eigenvalue weighted by atomic mass is 16.6. The molecule has 0 amide bonds. The second-order valence-electron chi connectivity index (χ2n) is 14.9. The number of unbranched alkanes of at least 4 members (excludes halogenated alkanes) is 20. The highest BCUT2D eigenvalue weighted by Crippen LogP contribution is 2.15. The van der Waals surface area contributed by atoms with Gasteiger partial charge in [0.05, 0.1) is 34.4 Å². The predicted molar refractivity (Wildman–Crippen MR) is 202 cm³/mol. The van der Waals surface area contributed by atoms with E-state index in [1.165, 1.54) is 116 Å². The van der Waals surface area contributed by atoms with Gasteiger partial charge in [-0.15, -0.1) is 0 Å². The van der Waals surface area contributed by atoms with Gasteiger partial charge in [0.25, 0.3) is 0 Å². The topological polar surface area (TPSA) is 99.1 Å². The van der Waals surface area contributed by atoms with Crippen molar-refractivity contribution in [1.29, 1.82) is 0 Å². The van der Waals surface area contributed by atoms with Gasteiger partial charge < -0.3 is 23.8 Å². The Bertz CT molecular complexity index is 823. The second-order valence-corrected chi connectivity index (χ2v) is 14.9. The molecule has 0 aromatic rings. The van der Waals surface area contributed by atoms with Crippen LogP contribution in [-0.2, 0) is 28.6 Å². The van der Waals surface area contributed by atoms with Crippen LogP contribution in [0.2, 0.25) is 0 Å². The number of esters is 2. The lowest BCUT2D eigenvalue weighted by molar-refractivity contribution is -0.887. The monoisotopic (exact) mass is 697 g/mol. The molecule has 0 aromatic heterocycles. The van der Waals surface area contributed by atoms with E-state index in [0.29, 0.717) is 19.3 Å². The third-order valence-electron chi connectivity index (χ3n) is 9.18. The normalized spacial score (nSPS) is 13.1. The summed E-state index contributed by atoms with van der Waals surface area (Å²) in [6.45, 7) is 4.66. The number of hydrogen-bond donors (Lipinski definition) is 1. The van der Waals surface area contributed by atoms with Gasteiger partial charge in [-0.25, -0.2) is 4.79 Å². The zero-order chi connectivity index (χ0) is 36.4. The van der Waals surface area contributed by atoms with Crippen LogP contribution >= 0.6 is 0 Å². The van der Waals surface area contributed by atoms with Crippen LogP contribution in [0, 0.1) is 0 Å². The summed E-state index contributed by atoms with van der Waals surface area (Å²) in [6, 6.07) is -0.613. The Hall–Kier alpha value is -1.93. The van der Waals surface area contributed by atoms with Crippen LogP contribution in [0.4, 0.5) is 0 Å². The van der Waals surface area contributed by atoms with Crippen LogP contribution in [-0.4, -0.2) is 80.6 Å². The fourth-order valence-corrected chi connectivity index (χ4v) is 5.99. The molecule has 0 aliphatic heterocycles. The molecule has 2 unspecified atom stereocenters. The van der Waals surface area contributed by atoms with Gasteiger partial charge in [-0.1, -0.05) is 148 Å². The first kappa shape index (κ1) is 47.1. The van der Waals surface area contributed by atoms with Crippen molar-refractivity contribution in [2.75, 3.05) is 41.0 Å². The smallest absolute Gasteiger partial charge is 0.362 e. The molecule has 1 N–H and O–H groups in total. The molecule has 0 saturated heterocycles. The quantitative estimate of drug-likeness (QED) is 0.0301. The van der Waals surface area contributed by atoms with Gasteiger partial charge in [-0.2, -0.15) is 0 Å². The molecule has 0 heterocycles. The first-order valence-corrected chi connectivity index (χ1v) is 20.2. The number of carboxylic acids is 1. The number of likely N-dealkylation sites (N-methyl/N-ethyl adjacent to an activating group) is 1. The van der Waals surface area contributed by atoms with E-state index in [1.54, 1.807) is 0 Å². The molecule has 8 heteroatoms. The van der Waals surface area contributed by atoms with Crippen LogP contribution < -0.4 is 0 Å². The minimum Gasteiger partial charge on any atom is -0.477 e. The number of carboxylic acid groups (broad SMARTS) is 1. The molecular formula is C41H78NO7+. The van der Waals surface area contributed by atoms with Crippen molar-refractivity contribution in [2.24, 2.45) is 0 Å². The van der Waals surface area contributed by atoms with Crippen LogP contribution in [0.1, 0.15) is 181 Å². The van der Waals surface area contributed by atoms with E-state index in [1.807, 2.05) is 27.2 Å². The second kappa shape index (κ2) is 33.2. The number of carbonyl (C=O) groups is 3. The summed E-state index contributed by atoms with van der Waals surface area (Å²) >= 11 is 0. The van der Waals surface area contributed by atoms with Crippen LogP contribution in [0.15, 0.2) is 12.2 Å². The molecule has 0 fully saturated rings. The summed E-state index contributed by atoms with van der Waals surface area (Å²) in [4.78, 5) is 36.7. The summed E-state index contributed by atoms with van der Waals surface area (Å²) in [5.41, 5.74) is 0. The van der Waals surface area contributed by atoms with Crippen molar-refractivity contribution in [1.82, 2.24) is 0 Å². The van der Waals surface area contributed by atoms with Gasteiger partial charge >= 0.3 is 17.9 Å². The fourth-order valence-electron chi connectivity index (χ4n) is 5.99. The lowest BCUT2D eigenvalue weighted by Gasteiger charge is -2.31. The summed E-state index contributed by atoms with van der Waals surface area (Å²) in [6.07, 6.45) is 32.7. The van der Waals surface area contributed by atoms with E-state index in [4.69, 9.17) is 14.2 Å². The van der Waals surface area contributed by atoms with E-state index < -0.39 is 18.1 Å². The number of aliphatic carboxylic acids is 1. The number of ether oxygens (including phenoxy) is 3. The maximum Gasteiger partial charge on any atom is 0.362 e. The largest absolute Gasteiger partial charge is 0.477 e. The van der Waals surface area contributed by atoms with E-state index in [2.05, 4.69) is 19.9 Å². The fraction of sp³-hybridized carbons (Fsp3) is 0.878. The summed E-state index contributed by atoms with van der Waals surface area (Å²) < 4.78 is 17.1. The van der Waals surface area contributed by atoms with Gasteiger partial charge in [-0.05, 0) is 25.7 Å². The maximum absolute atomic E-state index is 12.7. The highest BCUT2D eigenvalue weighted by Gasteiger charge is 2.31. The summed E-state index contributed by atoms with van der Waals surface area (Å²) in [7, 11) is 5.51. The van der Waals surface area contributed by atoms with Gasteiger partial charge in [0.1, 0.15) is 6.61 Å². The number of hydrogen-bond acceptors (Lipinski definition) is 6. The molecular weight excluding hydrogens is 618 g/mol. The Labute approximate surface area is 301 Å². The summed E-state index contributed by atoms with van der Waals surface area (Å²) in [5.74, 6) is -1.52. The number of rotatable bonds is 36. The van der Waals surface area contributed by atoms with E-state index >= 15 is 0 Å². The molecule has 49 heavy (non-hydrogen) atoms. The molecule has 0 aromatic carbocycles. The average molecular weight is 697 g/mol. The lowest BCUT2D eigenvalue weighted by atomic mass is 10.0. The standard InChI is InChI=1S/C41H77NO7/c1-6-8-10-12-14-16-17-18-19-20-21-22-23-24-26-28-30-32-40(44)49-37(35-47-34-33-38(41(45)46)42(3,4)5)36-48-39(43)31-29-27-25-15-13-11-9-7-2/h25,27,37-38H,6-24,26,28-36H2,1-5H3/p+1/b27-25+. The zero-order valence-electron chi connectivity index (χ0n) is 32.7. The molecule has 0 rings (SSSR count). The number of nitrogens with zero attached hydrogens (tertiary/aromatic N) is 1. The Balaban J connectivity index is 4.31. The van der Waals surface area contributed by atoms with Gasteiger partial charge in [0, 0.05) is 19.3 Å². The molecule has 0 aliphatic carbocycles. The first-order chi connectivity index (χ1) is 23.6. The summed E-state index contributed by atoms with van der Waals surface area (Å²) in [5, 5.41) is 9.57. The van der Waals surface area contributed by atoms with Crippen molar-refractivity contribution >= 4 is 17.9 Å². The Morgan fingerprint density at radius 1 is 0.592 bits per heavy atom. The Morgan fingerprint density at radius 3 is 1.55 bits per heavy atom. The predicted octanol–water partition coefficient (Wildman–Crippen LogP) is 10.4. The zero-order valence-corrected chi connectivity index (χ0v) is 32.7. The van der Waals surface area contributed by atoms with Crippen LogP contribution in [0.3, 0.4) is 0 Å². The van der Waals surface area contributed by atoms with Crippen LogP contribution in [0.5, 0.6) is 0 Å². The van der Waals surface area contributed by atoms with Gasteiger partial charge in [0.15, 0.2) is 12.1 Å². The van der Waals surface area contributed by atoms with E-state index in [0.717, 1.165) is 25.7 Å². The molecule has 0 saturated carbocycles. The first-order valence-electron chi connectivity index (χ1n) is 20.2. The third kappa shape index (κ3) is 31.8. The van der Waals surface area contributed by atoms with Crippen molar-refractivity contribution in [3.63, 3.8) is 0 Å². The maximum atomic E-state index is 12.7. The van der Waals surface area contributed by atoms with Crippen molar-refractivity contribution < 1.29 is 38.2 Å². The molecule has 8 nitrogen and oxygen atoms in total. The minimum atomic E-state index is -0.878. The van der Waals surface area contributed by atoms with Gasteiger partial charge in [0.2, 0.25) is 0 Å². The molecule has 2 atom stereocenters. The number of allylic oxidation sites excluding steroid dienone is 2. The SMILES string of the molecule is CCCCCC/C=C/CCC(=O)OCC(COCCC(C(=O)O)[N+](C)(C)C)OC(=O)CCCCCCCCCCCCCCCCCCC. The molecule has 0 aliphatic rings. The Kier molecular flexibility index (Phi) is 31.9. The van der Waals surface area contributed by atoms with Gasteiger partial charge in [-0.3, -0.25) is 9.59 Å². The lowest BCUT2D eigenvalue weighted by Crippen LogP contribution is -2.50. The Morgan fingerprint density at radius 2 is 1.06 bits per heavy atom. The highest BCUT2D eigenvalue weighted by molar-refractivity contribution is 5.72.